The van der Waals surface area contributed by atoms with Crippen molar-refractivity contribution < 1.29 is 22.7 Å². The molecule has 1 amide bonds. The van der Waals surface area contributed by atoms with Gasteiger partial charge in [-0.1, -0.05) is 30.3 Å². The van der Waals surface area contributed by atoms with Gasteiger partial charge in [-0.15, -0.1) is 0 Å². The summed E-state index contributed by atoms with van der Waals surface area (Å²) in [6.45, 7) is 3.19. The standard InChI is InChI=1S/C20H23NO5S/c1-14(16-7-5-4-6-8-16)21-20(23)13-27(24,25)12-18-11-17(15(2)22)9-10-19(18)26-3/h4-11,14H,12-13H2,1-3H3,(H,21,23)/t14-/m0/s1. The Morgan fingerprint density at radius 2 is 1.78 bits per heavy atom. The zero-order chi connectivity index (χ0) is 20.0. The molecule has 6 nitrogen and oxygen atoms in total. The molecule has 27 heavy (non-hydrogen) atoms. The van der Waals surface area contributed by atoms with Crippen molar-refractivity contribution in [1.29, 1.82) is 0 Å². The van der Waals surface area contributed by atoms with Crippen LogP contribution in [0.4, 0.5) is 0 Å². The lowest BCUT2D eigenvalue weighted by molar-refractivity contribution is -0.119. The van der Waals surface area contributed by atoms with Gasteiger partial charge in [0, 0.05) is 11.1 Å². The number of hydrogen-bond donors (Lipinski definition) is 1. The highest BCUT2D eigenvalue weighted by molar-refractivity contribution is 7.91. The summed E-state index contributed by atoms with van der Waals surface area (Å²) in [6.07, 6.45) is 0. The number of amides is 1. The molecule has 144 valence electrons. The first-order valence-electron chi connectivity index (χ1n) is 8.44. The Hall–Kier alpha value is -2.67. The highest BCUT2D eigenvalue weighted by Crippen LogP contribution is 2.23. The van der Waals surface area contributed by atoms with Crippen LogP contribution in [-0.2, 0) is 20.4 Å². The first-order valence-corrected chi connectivity index (χ1v) is 10.3. The Morgan fingerprint density at radius 3 is 2.37 bits per heavy atom. The zero-order valence-corrected chi connectivity index (χ0v) is 16.4. The number of ether oxygens (including phenoxy) is 1. The SMILES string of the molecule is COc1ccc(C(C)=O)cc1CS(=O)(=O)CC(=O)N[C@@H](C)c1ccccc1. The van der Waals surface area contributed by atoms with Gasteiger partial charge in [0.1, 0.15) is 11.5 Å². The molecule has 0 bridgehead atoms. The van der Waals surface area contributed by atoms with Crippen LogP contribution in [0.25, 0.3) is 0 Å². The van der Waals surface area contributed by atoms with E-state index in [0.717, 1.165) is 5.56 Å². The fraction of sp³-hybridized carbons (Fsp3) is 0.300. The van der Waals surface area contributed by atoms with Gasteiger partial charge in [-0.05, 0) is 37.6 Å². The number of ketones is 1. The van der Waals surface area contributed by atoms with Gasteiger partial charge in [-0.3, -0.25) is 9.59 Å². The van der Waals surface area contributed by atoms with Gasteiger partial charge in [0.25, 0.3) is 0 Å². The van der Waals surface area contributed by atoms with Crippen molar-refractivity contribution in [3.63, 3.8) is 0 Å². The molecule has 0 saturated carbocycles. The normalized spacial score (nSPS) is 12.3. The molecule has 0 aliphatic rings. The Balaban J connectivity index is 2.09. The van der Waals surface area contributed by atoms with E-state index in [1.54, 1.807) is 19.1 Å². The number of benzene rings is 2. The molecule has 2 aromatic carbocycles. The molecule has 0 aliphatic carbocycles. The van der Waals surface area contributed by atoms with Crippen LogP contribution in [-0.4, -0.2) is 33.0 Å². The number of carbonyl (C=O) groups is 2. The van der Waals surface area contributed by atoms with Crippen LogP contribution < -0.4 is 10.1 Å². The molecule has 0 aliphatic heterocycles. The fourth-order valence-corrected chi connectivity index (χ4v) is 3.99. The minimum Gasteiger partial charge on any atom is -0.496 e. The number of nitrogens with one attached hydrogen (secondary N) is 1. The van der Waals surface area contributed by atoms with Crippen LogP contribution in [0.5, 0.6) is 5.75 Å². The molecule has 0 unspecified atom stereocenters. The van der Waals surface area contributed by atoms with Crippen LogP contribution in [0, 0.1) is 0 Å². The van der Waals surface area contributed by atoms with Gasteiger partial charge in [-0.2, -0.15) is 0 Å². The van der Waals surface area contributed by atoms with E-state index in [1.165, 1.54) is 20.1 Å². The number of methoxy groups -OCH3 is 1. The summed E-state index contributed by atoms with van der Waals surface area (Å²) in [5.41, 5.74) is 1.64. The lowest BCUT2D eigenvalue weighted by Gasteiger charge is -2.15. The van der Waals surface area contributed by atoms with Crippen LogP contribution in [0.2, 0.25) is 0 Å². The van der Waals surface area contributed by atoms with E-state index in [4.69, 9.17) is 4.74 Å². The van der Waals surface area contributed by atoms with Crippen molar-refractivity contribution in [2.75, 3.05) is 12.9 Å². The average Bonchev–Trinajstić information content (AvgIpc) is 2.61. The summed E-state index contributed by atoms with van der Waals surface area (Å²) >= 11 is 0. The van der Waals surface area contributed by atoms with E-state index in [2.05, 4.69) is 5.32 Å². The molecule has 7 heteroatoms. The van der Waals surface area contributed by atoms with Crippen molar-refractivity contribution in [3.8, 4) is 5.75 Å². The molecule has 1 atom stereocenters. The first-order chi connectivity index (χ1) is 12.7. The Kier molecular flexibility index (Phi) is 6.74. The van der Waals surface area contributed by atoms with Crippen LogP contribution >= 0.6 is 0 Å². The third-order valence-electron chi connectivity index (χ3n) is 4.09. The maximum atomic E-state index is 12.5. The van der Waals surface area contributed by atoms with Crippen molar-refractivity contribution in [3.05, 3.63) is 65.2 Å². The number of Topliss-reactive ketones (excluding diaryl/α,β-unsaturated/α-hetero) is 1. The highest BCUT2D eigenvalue weighted by Gasteiger charge is 2.21. The molecule has 0 saturated heterocycles. The minimum absolute atomic E-state index is 0.175. The van der Waals surface area contributed by atoms with E-state index >= 15 is 0 Å². The smallest absolute Gasteiger partial charge is 0.235 e. The zero-order valence-electron chi connectivity index (χ0n) is 15.6. The molecule has 0 radical (unpaired) electrons. The Morgan fingerprint density at radius 1 is 1.11 bits per heavy atom. The number of rotatable bonds is 8. The molecular weight excluding hydrogens is 366 g/mol. The van der Waals surface area contributed by atoms with Gasteiger partial charge < -0.3 is 10.1 Å². The molecule has 0 spiro atoms. The molecule has 0 heterocycles. The molecule has 1 N–H and O–H groups in total. The van der Waals surface area contributed by atoms with Crippen LogP contribution in [0.3, 0.4) is 0 Å². The maximum Gasteiger partial charge on any atom is 0.235 e. The topological polar surface area (TPSA) is 89.5 Å². The second-order valence-electron chi connectivity index (χ2n) is 6.31. The second kappa shape index (κ2) is 8.81. The third-order valence-corrected chi connectivity index (χ3v) is 5.54. The third kappa shape index (κ3) is 5.92. The second-order valence-corrected chi connectivity index (χ2v) is 8.38. The first kappa shape index (κ1) is 20.6. The highest BCUT2D eigenvalue weighted by atomic mass is 32.2. The van der Waals surface area contributed by atoms with Crippen molar-refractivity contribution >= 4 is 21.5 Å². The van der Waals surface area contributed by atoms with Crippen molar-refractivity contribution in [1.82, 2.24) is 5.32 Å². The van der Waals surface area contributed by atoms with E-state index in [0.29, 0.717) is 16.9 Å². The lowest BCUT2D eigenvalue weighted by atomic mass is 10.1. The predicted molar refractivity (Wildman–Crippen MR) is 103 cm³/mol. The van der Waals surface area contributed by atoms with Gasteiger partial charge in [0.2, 0.25) is 5.91 Å². The minimum atomic E-state index is -3.74. The largest absolute Gasteiger partial charge is 0.496 e. The fourth-order valence-electron chi connectivity index (χ4n) is 2.71. The summed E-state index contributed by atoms with van der Waals surface area (Å²) in [5, 5.41) is 2.69. The average molecular weight is 389 g/mol. The van der Waals surface area contributed by atoms with Crippen molar-refractivity contribution in [2.45, 2.75) is 25.6 Å². The summed E-state index contributed by atoms with van der Waals surface area (Å²) in [7, 11) is -2.32. The predicted octanol–water partition coefficient (Wildman–Crippen LogP) is 2.69. The Bertz CT molecular complexity index is 923. The number of carbonyl (C=O) groups excluding carboxylic acids is 2. The quantitative estimate of drug-likeness (QED) is 0.701. The Labute approximate surface area is 159 Å². The molecule has 0 fully saturated rings. The summed E-state index contributed by atoms with van der Waals surface area (Å²) in [6, 6.07) is 13.6. The molecular formula is C20H23NO5S. The van der Waals surface area contributed by atoms with Gasteiger partial charge >= 0.3 is 0 Å². The van der Waals surface area contributed by atoms with Gasteiger partial charge in [0.15, 0.2) is 15.6 Å². The molecule has 0 aromatic heterocycles. The van der Waals surface area contributed by atoms with E-state index in [1.807, 2.05) is 30.3 Å². The van der Waals surface area contributed by atoms with Crippen LogP contribution in [0.15, 0.2) is 48.5 Å². The number of sulfone groups is 1. The number of hydrogen-bond acceptors (Lipinski definition) is 5. The van der Waals surface area contributed by atoms with Gasteiger partial charge in [-0.25, -0.2) is 8.42 Å². The maximum absolute atomic E-state index is 12.5. The van der Waals surface area contributed by atoms with Crippen LogP contribution in [0.1, 0.15) is 41.4 Å². The summed E-state index contributed by atoms with van der Waals surface area (Å²) < 4.78 is 30.1. The lowest BCUT2D eigenvalue weighted by Crippen LogP contribution is -2.32. The van der Waals surface area contributed by atoms with E-state index in [9.17, 15) is 18.0 Å². The monoisotopic (exact) mass is 389 g/mol. The van der Waals surface area contributed by atoms with Crippen molar-refractivity contribution in [2.24, 2.45) is 0 Å². The summed E-state index contributed by atoms with van der Waals surface area (Å²) in [4.78, 5) is 23.7. The van der Waals surface area contributed by atoms with E-state index < -0.39 is 21.5 Å². The van der Waals surface area contributed by atoms with Gasteiger partial charge in [0.05, 0.1) is 18.9 Å². The summed E-state index contributed by atoms with van der Waals surface area (Å²) in [5.74, 6) is -1.41. The molecule has 2 aromatic rings. The molecule has 2 rings (SSSR count). The van der Waals surface area contributed by atoms with E-state index in [-0.39, 0.29) is 17.6 Å².